The number of nitrogens with zero attached hydrogens (tertiary/aromatic N) is 4. The summed E-state index contributed by atoms with van der Waals surface area (Å²) in [5.74, 6) is 1.43. The molecule has 2 aromatic heterocycles. The summed E-state index contributed by atoms with van der Waals surface area (Å²) < 4.78 is 4.46. The molecule has 0 atom stereocenters. The van der Waals surface area contributed by atoms with E-state index in [0.717, 1.165) is 83.1 Å². The molecule has 0 spiro atoms. The Labute approximate surface area is 369 Å². The van der Waals surface area contributed by atoms with Gasteiger partial charge in [0.15, 0.2) is 11.7 Å². The fraction of sp³-hybridized carbons (Fsp3) is 0.0179. The van der Waals surface area contributed by atoms with Crippen LogP contribution in [-0.2, 0) is 0 Å². The van der Waals surface area contributed by atoms with Gasteiger partial charge in [-0.05, 0) is 88.5 Å². The second kappa shape index (κ2) is 16.1. The van der Waals surface area contributed by atoms with E-state index in [1.165, 1.54) is 15.7 Å². The van der Waals surface area contributed by atoms with Gasteiger partial charge < -0.3 is 4.57 Å². The number of hydrogen-bond acceptors (Lipinski definition) is 3. The third-order valence-corrected chi connectivity index (χ3v) is 12.7. The number of amidine groups is 2. The lowest BCUT2D eigenvalue weighted by Crippen LogP contribution is -2.25. The molecule has 7 heteroatoms. The van der Waals surface area contributed by atoms with Crippen LogP contribution in [0.25, 0.3) is 71.6 Å². The van der Waals surface area contributed by atoms with Crippen LogP contribution in [0.1, 0.15) is 22.3 Å². The molecule has 8 aromatic carbocycles. The molecule has 0 aliphatic carbocycles. The van der Waals surface area contributed by atoms with Gasteiger partial charge in [0.25, 0.3) is 0 Å². The van der Waals surface area contributed by atoms with Gasteiger partial charge in [-0.3, -0.25) is 20.5 Å². The second-order valence-electron chi connectivity index (χ2n) is 15.6. The molecule has 0 bridgehead atoms. The van der Waals surface area contributed by atoms with Gasteiger partial charge in [-0.1, -0.05) is 146 Å². The molecule has 1 aliphatic rings. The van der Waals surface area contributed by atoms with Crippen LogP contribution in [0.4, 0.5) is 0 Å². The zero-order valence-corrected chi connectivity index (χ0v) is 35.1. The van der Waals surface area contributed by atoms with E-state index in [1.54, 1.807) is 11.8 Å². The molecule has 0 fully saturated rings. The Morgan fingerprint density at radius 2 is 1.13 bits per heavy atom. The molecule has 2 N–H and O–H groups in total. The summed E-state index contributed by atoms with van der Waals surface area (Å²) >= 11 is 1.73. The summed E-state index contributed by atoms with van der Waals surface area (Å²) in [6.07, 6.45) is 4.12. The number of aliphatic imine (C=N–C) groups is 2. The first-order chi connectivity index (χ1) is 31.1. The van der Waals surface area contributed by atoms with Crippen LogP contribution in [0.3, 0.4) is 0 Å². The van der Waals surface area contributed by atoms with E-state index in [-0.39, 0.29) is 5.84 Å². The molecule has 0 amide bonds. The largest absolute Gasteiger partial charge is 0.309 e. The predicted octanol–water partition coefficient (Wildman–Crippen LogP) is 13.8. The minimum Gasteiger partial charge on any atom is -0.309 e. The maximum atomic E-state index is 8.89. The van der Waals surface area contributed by atoms with E-state index in [4.69, 9.17) is 15.4 Å². The fourth-order valence-electron chi connectivity index (χ4n) is 8.70. The molecule has 0 unspecified atom stereocenters. The van der Waals surface area contributed by atoms with Gasteiger partial charge in [-0.15, -0.1) is 11.8 Å². The normalized spacial score (nSPS) is 14.5. The minimum atomic E-state index is 0.185. The molecule has 1 aliphatic heterocycles. The highest BCUT2D eigenvalue weighted by Gasteiger charge is 2.18. The summed E-state index contributed by atoms with van der Waals surface area (Å²) in [5.41, 5.74) is 17.2. The highest BCUT2D eigenvalue weighted by Crippen LogP contribution is 2.38. The van der Waals surface area contributed by atoms with E-state index in [1.807, 2.05) is 66.9 Å². The highest BCUT2D eigenvalue weighted by molar-refractivity contribution is 7.99. The predicted molar refractivity (Wildman–Crippen MR) is 267 cm³/mol. The Kier molecular flexibility index (Phi) is 9.71. The van der Waals surface area contributed by atoms with Crippen molar-refractivity contribution in [3.05, 3.63) is 229 Å². The number of para-hydroxylation sites is 2. The minimum absolute atomic E-state index is 0.185. The van der Waals surface area contributed by atoms with Crippen molar-refractivity contribution >= 4 is 84.4 Å². The van der Waals surface area contributed by atoms with Crippen molar-refractivity contribution in [1.82, 2.24) is 9.24 Å². The Morgan fingerprint density at radius 3 is 1.87 bits per heavy atom. The Balaban J connectivity index is 0.966. The average Bonchev–Trinajstić information content (AvgIpc) is 3.86. The molecule has 10 aromatic rings. The van der Waals surface area contributed by atoms with E-state index in [9.17, 15) is 0 Å². The number of thioether (sulfide) groups is 1. The molecular weight excluding hydrogens is 789 g/mol. The molecule has 3 heterocycles. The number of allylic oxidation sites excluding steroid dienone is 3. The maximum Gasteiger partial charge on any atom is 0.154 e. The summed E-state index contributed by atoms with van der Waals surface area (Å²) in [6.45, 7) is 4.43. The summed E-state index contributed by atoms with van der Waals surface area (Å²) in [7, 11) is 0. The molecule has 300 valence electrons. The number of rotatable bonds is 6. The third-order valence-electron chi connectivity index (χ3n) is 11.8. The van der Waals surface area contributed by atoms with Crippen LogP contribution in [0.5, 0.6) is 0 Å². The molecule has 0 radical (unpaired) electrons. The van der Waals surface area contributed by atoms with Crippen LogP contribution in [0.15, 0.2) is 222 Å². The molecule has 0 saturated heterocycles. The van der Waals surface area contributed by atoms with Gasteiger partial charge in [0.1, 0.15) is 0 Å². The maximum absolute atomic E-state index is 8.89. The summed E-state index contributed by atoms with van der Waals surface area (Å²) in [5, 5.41) is 13.5. The molecule has 11 rings (SSSR count). The third kappa shape index (κ3) is 7.04. The second-order valence-corrected chi connectivity index (χ2v) is 16.6. The standard InChI is InChI=1S/C56H40N6S/c1-37-32-43(35-58-36-63-54-23-13-10-18-45(37)54)38-24-28-44(29-25-38)61-50-21-11-8-19-46(50)48-33-41(26-30-51(48)61)42-27-31-53-49(34-42)47-20-9-12-22-52(47)62(53)60-56(40-16-6-3-7-17-40)59-55(57)39-14-4-2-5-15-39/h2-35H,1,36H2,(H2,57,59,60)/b43-32+,58-35-. The van der Waals surface area contributed by atoms with Gasteiger partial charge in [-0.2, -0.15) is 0 Å². The van der Waals surface area contributed by atoms with Crippen LogP contribution in [0, 0.1) is 5.41 Å². The molecule has 6 nitrogen and oxygen atoms in total. The van der Waals surface area contributed by atoms with E-state index in [0.29, 0.717) is 11.7 Å². The average molecular weight is 829 g/mol. The van der Waals surface area contributed by atoms with Gasteiger partial charge in [0.2, 0.25) is 0 Å². The van der Waals surface area contributed by atoms with E-state index in [2.05, 4.69) is 161 Å². The topological polar surface area (TPSA) is 70.5 Å². The van der Waals surface area contributed by atoms with E-state index >= 15 is 0 Å². The van der Waals surface area contributed by atoms with Gasteiger partial charge in [0.05, 0.1) is 27.9 Å². The smallest absolute Gasteiger partial charge is 0.154 e. The molecule has 0 saturated carbocycles. The first-order valence-electron chi connectivity index (χ1n) is 20.9. The highest BCUT2D eigenvalue weighted by atomic mass is 32.2. The SMILES string of the molecule is C=C1/C=C(c2ccc(-n3c4ccccc4c4cc(-c5ccc6c(c5)c5ccccc5n6NC(=NC(=N)c5ccccc5)c5ccccc5)ccc43)cc2)\C=N/CSc2ccccc21. The Morgan fingerprint density at radius 1 is 0.571 bits per heavy atom. The van der Waals surface area contributed by atoms with Crippen molar-refractivity contribution in [3.8, 4) is 16.8 Å². The fourth-order valence-corrected chi connectivity index (χ4v) is 9.51. The van der Waals surface area contributed by atoms with Crippen LogP contribution in [-0.4, -0.2) is 33.0 Å². The Hall–Kier alpha value is -8.00. The monoisotopic (exact) mass is 828 g/mol. The summed E-state index contributed by atoms with van der Waals surface area (Å²) in [6, 6.07) is 67.4. The lowest BCUT2D eigenvalue weighted by atomic mass is 10.00. The zero-order valence-electron chi connectivity index (χ0n) is 34.2. The van der Waals surface area contributed by atoms with E-state index < -0.39 is 0 Å². The first kappa shape index (κ1) is 38.0. The van der Waals surface area contributed by atoms with Gasteiger partial charge in [-0.25, -0.2) is 4.99 Å². The van der Waals surface area contributed by atoms with Gasteiger partial charge in [0, 0.05) is 55.0 Å². The quantitative estimate of drug-likeness (QED) is 0.129. The van der Waals surface area contributed by atoms with Crippen molar-refractivity contribution < 1.29 is 0 Å². The molecule has 63 heavy (non-hydrogen) atoms. The number of aromatic nitrogens is 2. The Bertz CT molecular complexity index is 3500. The first-order valence-corrected chi connectivity index (χ1v) is 21.9. The van der Waals surface area contributed by atoms with Crippen molar-refractivity contribution in [2.24, 2.45) is 9.98 Å². The van der Waals surface area contributed by atoms with Crippen molar-refractivity contribution in [2.75, 3.05) is 11.3 Å². The lowest BCUT2D eigenvalue weighted by molar-refractivity contribution is 1.08. The zero-order chi connectivity index (χ0) is 42.3. The van der Waals surface area contributed by atoms with Crippen LogP contribution in [0.2, 0.25) is 0 Å². The lowest BCUT2D eigenvalue weighted by Gasteiger charge is -2.15. The number of hydrogen-bond donors (Lipinski definition) is 2. The number of fused-ring (bicyclic) bond motifs is 7. The van der Waals surface area contributed by atoms with Crippen LogP contribution >= 0.6 is 11.8 Å². The number of nitrogens with one attached hydrogen (secondary N) is 2. The van der Waals surface area contributed by atoms with Gasteiger partial charge >= 0.3 is 0 Å². The number of benzene rings is 8. The van der Waals surface area contributed by atoms with Crippen molar-refractivity contribution in [2.45, 2.75) is 4.90 Å². The van der Waals surface area contributed by atoms with Crippen molar-refractivity contribution in [1.29, 1.82) is 5.41 Å². The van der Waals surface area contributed by atoms with Crippen molar-refractivity contribution in [3.63, 3.8) is 0 Å². The summed E-state index contributed by atoms with van der Waals surface area (Å²) in [4.78, 5) is 10.8. The molecular formula is C56H40N6S. The van der Waals surface area contributed by atoms with Crippen LogP contribution < -0.4 is 5.43 Å².